The number of hydrogen-bond acceptors (Lipinski definition) is 3. The molecule has 1 aromatic heterocycles. The van der Waals surface area contributed by atoms with E-state index in [2.05, 4.69) is 9.72 Å². The molecule has 1 heterocycles. The van der Waals surface area contributed by atoms with Gasteiger partial charge in [-0.2, -0.15) is 8.78 Å². The normalized spacial score (nSPS) is 28.5. The third kappa shape index (κ3) is 3.20. The number of pyridine rings is 1. The number of nitrogens with zero attached hydrogens (tertiary/aromatic N) is 1. The fourth-order valence-electron chi connectivity index (χ4n) is 4.18. The third-order valence-corrected chi connectivity index (χ3v) is 5.49. The molecule has 134 valence electrons. The van der Waals surface area contributed by atoms with Gasteiger partial charge >= 0.3 is 6.61 Å². The van der Waals surface area contributed by atoms with Crippen molar-refractivity contribution >= 4 is 11.6 Å². The van der Waals surface area contributed by atoms with Crippen molar-refractivity contribution in [3.8, 4) is 5.75 Å². The van der Waals surface area contributed by atoms with Crippen molar-refractivity contribution in [3.05, 3.63) is 23.0 Å². The summed E-state index contributed by atoms with van der Waals surface area (Å²) in [5, 5.41) is 9.87. The van der Waals surface area contributed by atoms with Crippen LogP contribution in [0.2, 0.25) is 5.15 Å². The van der Waals surface area contributed by atoms with Crippen LogP contribution in [0.4, 0.5) is 17.6 Å². The first-order chi connectivity index (χ1) is 11.2. The van der Waals surface area contributed by atoms with Crippen molar-refractivity contribution in [2.24, 2.45) is 5.41 Å². The van der Waals surface area contributed by atoms with Crippen molar-refractivity contribution < 1.29 is 27.4 Å². The second-order valence-corrected chi connectivity index (χ2v) is 7.10. The topological polar surface area (TPSA) is 42.4 Å². The van der Waals surface area contributed by atoms with E-state index < -0.39 is 36.4 Å². The van der Waals surface area contributed by atoms with Gasteiger partial charge in [0, 0.05) is 23.4 Å². The molecule has 2 fully saturated rings. The molecule has 2 saturated carbocycles. The molecule has 0 amide bonds. The molecule has 0 bridgehead atoms. The monoisotopic (exact) mass is 367 g/mol. The summed E-state index contributed by atoms with van der Waals surface area (Å²) in [5.74, 6) is -4.08. The number of aliphatic hydroxyl groups is 1. The maximum Gasteiger partial charge on any atom is 0.387 e. The van der Waals surface area contributed by atoms with Crippen molar-refractivity contribution in [1.29, 1.82) is 0 Å². The summed E-state index contributed by atoms with van der Waals surface area (Å²) >= 11 is 5.84. The second kappa shape index (κ2) is 6.33. The Morgan fingerprint density at radius 2 is 1.88 bits per heavy atom. The lowest BCUT2D eigenvalue weighted by atomic mass is 9.64. The van der Waals surface area contributed by atoms with Crippen LogP contribution in [0.15, 0.2) is 12.1 Å². The molecule has 0 radical (unpaired) electrons. The molecule has 1 N–H and O–H groups in total. The van der Waals surface area contributed by atoms with Crippen LogP contribution in [0.1, 0.15) is 50.1 Å². The lowest BCUT2D eigenvalue weighted by Gasteiger charge is -2.46. The van der Waals surface area contributed by atoms with Crippen LogP contribution in [0, 0.1) is 5.41 Å². The minimum atomic E-state index is -3.21. The molecule has 0 aliphatic heterocycles. The smallest absolute Gasteiger partial charge is 0.387 e. The number of halogens is 5. The summed E-state index contributed by atoms with van der Waals surface area (Å²) in [6.07, 6.45) is 0.947. The van der Waals surface area contributed by atoms with Crippen LogP contribution in [0.3, 0.4) is 0 Å². The third-order valence-electron chi connectivity index (χ3n) is 5.22. The Hall–Kier alpha value is -1.08. The van der Waals surface area contributed by atoms with Crippen LogP contribution in [-0.2, 0) is 0 Å². The Labute approximate surface area is 142 Å². The summed E-state index contributed by atoms with van der Waals surface area (Å²) in [7, 11) is 0. The van der Waals surface area contributed by atoms with Gasteiger partial charge in [-0.05, 0) is 31.4 Å². The molecule has 2 aliphatic rings. The zero-order valence-corrected chi connectivity index (χ0v) is 13.6. The second-order valence-electron chi connectivity index (χ2n) is 6.74. The summed E-state index contributed by atoms with van der Waals surface area (Å²) in [5.41, 5.74) is -0.488. The van der Waals surface area contributed by atoms with Gasteiger partial charge in [-0.25, -0.2) is 13.8 Å². The Morgan fingerprint density at radius 3 is 2.46 bits per heavy atom. The fraction of sp³-hybridized carbons (Fsp3) is 0.688. The van der Waals surface area contributed by atoms with Gasteiger partial charge < -0.3 is 9.84 Å². The van der Waals surface area contributed by atoms with Crippen LogP contribution in [0.25, 0.3) is 0 Å². The van der Waals surface area contributed by atoms with Gasteiger partial charge in [-0.15, -0.1) is 0 Å². The van der Waals surface area contributed by atoms with E-state index in [1.165, 1.54) is 12.1 Å². The SMILES string of the molecule is O[C@@H]1C(F)(F)C[C@@H](c2ccc(OC(F)F)c(Cl)n2)CC12CCCC2. The van der Waals surface area contributed by atoms with Crippen molar-refractivity contribution in [3.63, 3.8) is 0 Å². The average Bonchev–Trinajstić information content (AvgIpc) is 2.95. The molecule has 1 spiro atoms. The first-order valence-electron chi connectivity index (χ1n) is 7.91. The number of aliphatic hydroxyl groups excluding tert-OH is 1. The summed E-state index contributed by atoms with van der Waals surface area (Å²) in [6.45, 7) is -3.04. The molecule has 1 aromatic rings. The molecule has 0 saturated heterocycles. The van der Waals surface area contributed by atoms with Gasteiger partial charge in [-0.1, -0.05) is 24.4 Å². The number of hydrogen-bond donors (Lipinski definition) is 1. The van der Waals surface area contributed by atoms with Crippen molar-refractivity contribution in [2.75, 3.05) is 0 Å². The molecule has 24 heavy (non-hydrogen) atoms. The van der Waals surface area contributed by atoms with Crippen LogP contribution >= 0.6 is 11.6 Å². The summed E-state index contributed by atoms with van der Waals surface area (Å²) in [6, 6.07) is 2.62. The Kier molecular flexibility index (Phi) is 4.68. The highest BCUT2D eigenvalue weighted by Crippen LogP contribution is 2.57. The molecule has 3 nitrogen and oxygen atoms in total. The number of alkyl halides is 4. The highest BCUT2D eigenvalue weighted by molar-refractivity contribution is 6.30. The average molecular weight is 368 g/mol. The quantitative estimate of drug-likeness (QED) is 0.618. The summed E-state index contributed by atoms with van der Waals surface area (Å²) < 4.78 is 57.4. The molecular formula is C16H18ClF4NO2. The lowest BCUT2D eigenvalue weighted by Crippen LogP contribution is -2.51. The largest absolute Gasteiger partial charge is 0.432 e. The first-order valence-corrected chi connectivity index (χ1v) is 8.28. The van der Waals surface area contributed by atoms with Crippen molar-refractivity contribution in [2.45, 2.75) is 63.1 Å². The molecule has 8 heteroatoms. The molecule has 3 rings (SSSR count). The van der Waals surface area contributed by atoms with Crippen LogP contribution < -0.4 is 4.74 Å². The van der Waals surface area contributed by atoms with E-state index in [9.17, 15) is 22.7 Å². The number of aromatic nitrogens is 1. The molecule has 2 atom stereocenters. The highest BCUT2D eigenvalue weighted by atomic mass is 35.5. The zero-order chi connectivity index (χ0) is 17.5. The molecule has 2 aliphatic carbocycles. The standard InChI is InChI=1S/C16H18ClF4NO2/c17-12-11(24-14(18)19)4-3-10(22-12)9-7-15(5-1-2-6-15)13(23)16(20,21)8-9/h3-4,9,13-14,23H,1-2,5-8H2/t9-,13-/m0/s1. The van der Waals surface area contributed by atoms with E-state index in [4.69, 9.17) is 11.6 Å². The predicted octanol–water partition coefficient (Wildman–Crippen LogP) is 4.77. The molecule has 0 unspecified atom stereocenters. The van der Waals surface area contributed by atoms with Gasteiger partial charge in [0.25, 0.3) is 5.92 Å². The van der Waals surface area contributed by atoms with Gasteiger partial charge in [0.1, 0.15) is 6.10 Å². The zero-order valence-electron chi connectivity index (χ0n) is 12.8. The Bertz CT molecular complexity index is 608. The van der Waals surface area contributed by atoms with E-state index in [0.29, 0.717) is 25.0 Å². The van der Waals surface area contributed by atoms with E-state index in [1.807, 2.05) is 0 Å². The molecular weight excluding hydrogens is 350 g/mol. The molecule has 0 aromatic carbocycles. The fourth-order valence-corrected chi connectivity index (χ4v) is 4.38. The first kappa shape index (κ1) is 17.7. The maximum absolute atomic E-state index is 14.3. The maximum atomic E-state index is 14.3. The van der Waals surface area contributed by atoms with Crippen LogP contribution in [0.5, 0.6) is 5.75 Å². The van der Waals surface area contributed by atoms with Gasteiger partial charge in [0.05, 0.1) is 0 Å². The predicted molar refractivity (Wildman–Crippen MR) is 79.7 cm³/mol. The van der Waals surface area contributed by atoms with E-state index in [-0.39, 0.29) is 10.9 Å². The van der Waals surface area contributed by atoms with E-state index in [0.717, 1.165) is 12.8 Å². The van der Waals surface area contributed by atoms with Gasteiger partial charge in [0.2, 0.25) is 0 Å². The van der Waals surface area contributed by atoms with E-state index >= 15 is 0 Å². The number of ether oxygens (including phenoxy) is 1. The highest BCUT2D eigenvalue weighted by Gasteiger charge is 2.58. The van der Waals surface area contributed by atoms with Crippen LogP contribution in [-0.4, -0.2) is 28.7 Å². The number of rotatable bonds is 3. The van der Waals surface area contributed by atoms with Gasteiger partial charge in [0.15, 0.2) is 10.9 Å². The van der Waals surface area contributed by atoms with E-state index in [1.54, 1.807) is 0 Å². The minimum Gasteiger partial charge on any atom is -0.432 e. The lowest BCUT2D eigenvalue weighted by molar-refractivity contribution is -0.192. The van der Waals surface area contributed by atoms with Gasteiger partial charge in [-0.3, -0.25) is 0 Å². The Morgan fingerprint density at radius 1 is 1.21 bits per heavy atom. The summed E-state index contributed by atoms with van der Waals surface area (Å²) in [4.78, 5) is 3.99. The minimum absolute atomic E-state index is 0.275. The Balaban J connectivity index is 1.87. The van der Waals surface area contributed by atoms with Crippen molar-refractivity contribution in [1.82, 2.24) is 4.98 Å².